The van der Waals surface area contributed by atoms with Crippen molar-refractivity contribution in [3.63, 3.8) is 0 Å². The Balaban J connectivity index is 2.40. The third-order valence-corrected chi connectivity index (χ3v) is 2.91. The van der Waals surface area contributed by atoms with E-state index in [1.165, 1.54) is 7.11 Å². The van der Waals surface area contributed by atoms with E-state index >= 15 is 0 Å². The zero-order valence-electron chi connectivity index (χ0n) is 11.7. The molecule has 2 unspecified atom stereocenters. The van der Waals surface area contributed by atoms with Gasteiger partial charge in [-0.1, -0.05) is 37.3 Å². The SMILES string of the molecule is COC(=O)/C=C(/O)C(C)C(O)COCc1ccccc1. The molecule has 2 N–H and O–H groups in total. The van der Waals surface area contributed by atoms with Gasteiger partial charge in [-0.15, -0.1) is 0 Å². The molecule has 20 heavy (non-hydrogen) atoms. The van der Waals surface area contributed by atoms with Crippen molar-refractivity contribution in [2.24, 2.45) is 5.92 Å². The highest BCUT2D eigenvalue weighted by molar-refractivity contribution is 5.82. The van der Waals surface area contributed by atoms with E-state index in [1.54, 1.807) is 6.92 Å². The molecule has 0 amide bonds. The van der Waals surface area contributed by atoms with Gasteiger partial charge in [0.15, 0.2) is 0 Å². The van der Waals surface area contributed by atoms with Gasteiger partial charge in [0.25, 0.3) is 0 Å². The average Bonchev–Trinajstić information content (AvgIpc) is 2.47. The summed E-state index contributed by atoms with van der Waals surface area (Å²) >= 11 is 0. The van der Waals surface area contributed by atoms with Crippen LogP contribution in [0.2, 0.25) is 0 Å². The Bertz CT molecular complexity index is 441. The van der Waals surface area contributed by atoms with E-state index in [2.05, 4.69) is 4.74 Å². The van der Waals surface area contributed by atoms with Gasteiger partial charge >= 0.3 is 5.97 Å². The number of rotatable bonds is 7. The van der Waals surface area contributed by atoms with Crippen LogP contribution >= 0.6 is 0 Å². The number of hydrogen-bond acceptors (Lipinski definition) is 5. The molecule has 0 saturated carbocycles. The fraction of sp³-hybridized carbons (Fsp3) is 0.400. The summed E-state index contributed by atoms with van der Waals surface area (Å²) in [5.41, 5.74) is 1.00. The van der Waals surface area contributed by atoms with Crippen LogP contribution in [0.15, 0.2) is 42.2 Å². The first-order valence-electron chi connectivity index (χ1n) is 6.32. The van der Waals surface area contributed by atoms with E-state index < -0.39 is 18.0 Å². The van der Waals surface area contributed by atoms with Crippen LogP contribution in [0.1, 0.15) is 12.5 Å². The van der Waals surface area contributed by atoms with E-state index in [4.69, 9.17) is 4.74 Å². The minimum Gasteiger partial charge on any atom is -0.512 e. The van der Waals surface area contributed by atoms with Crippen LogP contribution in [0, 0.1) is 5.92 Å². The van der Waals surface area contributed by atoms with Crippen LogP contribution in [0.4, 0.5) is 0 Å². The van der Waals surface area contributed by atoms with Crippen molar-refractivity contribution < 1.29 is 24.5 Å². The molecule has 110 valence electrons. The van der Waals surface area contributed by atoms with Crippen LogP contribution in [-0.4, -0.2) is 36.0 Å². The first kappa shape index (κ1) is 16.2. The Labute approximate surface area is 118 Å². The fourth-order valence-corrected chi connectivity index (χ4v) is 1.52. The van der Waals surface area contributed by atoms with E-state index in [0.717, 1.165) is 11.6 Å². The molecule has 1 aromatic rings. The van der Waals surface area contributed by atoms with E-state index in [0.29, 0.717) is 6.61 Å². The quantitative estimate of drug-likeness (QED) is 0.452. The van der Waals surface area contributed by atoms with Gasteiger partial charge in [0.1, 0.15) is 5.76 Å². The summed E-state index contributed by atoms with van der Waals surface area (Å²) in [6.45, 7) is 2.05. The van der Waals surface area contributed by atoms with Gasteiger partial charge in [-0.2, -0.15) is 0 Å². The summed E-state index contributed by atoms with van der Waals surface area (Å²) < 4.78 is 9.78. The molecular formula is C15H20O5. The number of aliphatic hydroxyl groups excluding tert-OH is 2. The molecule has 2 atom stereocenters. The fourth-order valence-electron chi connectivity index (χ4n) is 1.52. The topological polar surface area (TPSA) is 76.0 Å². The second-order valence-corrected chi connectivity index (χ2v) is 4.45. The molecule has 0 aliphatic carbocycles. The van der Waals surface area contributed by atoms with Crippen LogP contribution < -0.4 is 0 Å². The second kappa shape index (κ2) is 8.35. The van der Waals surface area contributed by atoms with Gasteiger partial charge in [0.2, 0.25) is 0 Å². The van der Waals surface area contributed by atoms with Crippen molar-refractivity contribution in [3.8, 4) is 0 Å². The molecular weight excluding hydrogens is 260 g/mol. The van der Waals surface area contributed by atoms with Crippen molar-refractivity contribution in [1.29, 1.82) is 0 Å². The number of carbonyl (C=O) groups is 1. The molecule has 0 aromatic heterocycles. The highest BCUT2D eigenvalue weighted by Crippen LogP contribution is 2.13. The van der Waals surface area contributed by atoms with Crippen LogP contribution in [0.3, 0.4) is 0 Å². The van der Waals surface area contributed by atoms with Crippen LogP contribution in [-0.2, 0) is 20.9 Å². The largest absolute Gasteiger partial charge is 0.512 e. The first-order valence-corrected chi connectivity index (χ1v) is 6.32. The molecule has 0 fully saturated rings. The van der Waals surface area contributed by atoms with Crippen LogP contribution in [0.5, 0.6) is 0 Å². The maximum atomic E-state index is 11.0. The second-order valence-electron chi connectivity index (χ2n) is 4.45. The number of methoxy groups -OCH3 is 1. The van der Waals surface area contributed by atoms with Gasteiger partial charge in [-0.05, 0) is 5.56 Å². The van der Waals surface area contributed by atoms with Crippen molar-refractivity contribution >= 4 is 5.97 Å². The van der Waals surface area contributed by atoms with E-state index in [9.17, 15) is 15.0 Å². The third-order valence-electron chi connectivity index (χ3n) is 2.91. The molecule has 0 aliphatic rings. The Morgan fingerprint density at radius 3 is 2.60 bits per heavy atom. The zero-order valence-corrected chi connectivity index (χ0v) is 11.7. The number of aliphatic hydroxyl groups is 2. The summed E-state index contributed by atoms with van der Waals surface area (Å²) in [6, 6.07) is 9.57. The van der Waals surface area contributed by atoms with Crippen LogP contribution in [0.25, 0.3) is 0 Å². The smallest absolute Gasteiger partial charge is 0.333 e. The monoisotopic (exact) mass is 280 g/mol. The maximum absolute atomic E-state index is 11.0. The van der Waals surface area contributed by atoms with Crippen molar-refractivity contribution in [3.05, 3.63) is 47.7 Å². The molecule has 0 aliphatic heterocycles. The normalized spacial score (nSPS) is 14.7. The maximum Gasteiger partial charge on any atom is 0.333 e. The summed E-state index contributed by atoms with van der Waals surface area (Å²) in [5.74, 6) is -1.50. The highest BCUT2D eigenvalue weighted by atomic mass is 16.5. The summed E-state index contributed by atoms with van der Waals surface area (Å²) in [6.07, 6.45) is 0.0464. The molecule has 5 nitrogen and oxygen atoms in total. The van der Waals surface area contributed by atoms with E-state index in [-0.39, 0.29) is 12.4 Å². The average molecular weight is 280 g/mol. The van der Waals surface area contributed by atoms with E-state index in [1.807, 2.05) is 30.3 Å². The lowest BCUT2D eigenvalue weighted by atomic mass is 10.0. The molecule has 5 heteroatoms. The standard InChI is InChI=1S/C15H20O5/c1-11(13(16)8-15(18)19-2)14(17)10-20-9-12-6-4-3-5-7-12/h3-8,11,14,16-17H,9-10H2,1-2H3/b13-8+. The number of carbonyl (C=O) groups excluding carboxylic acids is 1. The minimum atomic E-state index is -0.903. The van der Waals surface area contributed by atoms with Gasteiger partial charge in [0, 0.05) is 5.92 Å². The number of ether oxygens (including phenoxy) is 2. The lowest BCUT2D eigenvalue weighted by Crippen LogP contribution is -2.25. The Hall–Kier alpha value is -1.85. The lowest BCUT2D eigenvalue weighted by molar-refractivity contribution is -0.135. The molecule has 0 radical (unpaired) electrons. The van der Waals surface area contributed by atoms with Crippen molar-refractivity contribution in [1.82, 2.24) is 0 Å². The lowest BCUT2D eigenvalue weighted by Gasteiger charge is -2.18. The minimum absolute atomic E-state index is 0.0646. The number of esters is 1. The summed E-state index contributed by atoms with van der Waals surface area (Å²) in [5, 5.41) is 19.5. The van der Waals surface area contributed by atoms with Gasteiger partial charge < -0.3 is 19.7 Å². The van der Waals surface area contributed by atoms with Gasteiger partial charge in [-0.25, -0.2) is 4.79 Å². The predicted molar refractivity (Wildman–Crippen MR) is 74.0 cm³/mol. The van der Waals surface area contributed by atoms with Gasteiger partial charge in [-0.3, -0.25) is 0 Å². The predicted octanol–water partition coefficient (Wildman–Crippen LogP) is 1.82. The molecule has 1 rings (SSSR count). The van der Waals surface area contributed by atoms with Crippen molar-refractivity contribution in [2.45, 2.75) is 19.6 Å². The molecule has 1 aromatic carbocycles. The first-order chi connectivity index (χ1) is 9.54. The highest BCUT2D eigenvalue weighted by Gasteiger charge is 2.19. The number of benzene rings is 1. The van der Waals surface area contributed by atoms with Gasteiger partial charge in [0.05, 0.1) is 32.5 Å². The Kier molecular flexibility index (Phi) is 6.76. The Morgan fingerprint density at radius 2 is 2.00 bits per heavy atom. The third kappa shape index (κ3) is 5.42. The molecule has 0 bridgehead atoms. The molecule has 0 saturated heterocycles. The van der Waals surface area contributed by atoms with Crippen molar-refractivity contribution in [2.75, 3.05) is 13.7 Å². The summed E-state index contributed by atoms with van der Waals surface area (Å²) in [7, 11) is 1.22. The molecule has 0 spiro atoms. The number of hydrogen-bond donors (Lipinski definition) is 2. The molecule has 0 heterocycles. The zero-order chi connectivity index (χ0) is 15.0. The Morgan fingerprint density at radius 1 is 1.35 bits per heavy atom. The summed E-state index contributed by atoms with van der Waals surface area (Å²) in [4.78, 5) is 11.0.